The number of rotatable bonds is 3. The van der Waals surface area contributed by atoms with Gasteiger partial charge in [0.1, 0.15) is 16.5 Å². The fourth-order valence-electron chi connectivity index (χ4n) is 2.03. The van der Waals surface area contributed by atoms with E-state index in [1.54, 1.807) is 0 Å². The molecule has 1 heterocycles. The second-order valence-corrected chi connectivity index (χ2v) is 6.35. The van der Waals surface area contributed by atoms with Gasteiger partial charge in [0.05, 0.1) is 12.1 Å². The molecule has 0 bridgehead atoms. The van der Waals surface area contributed by atoms with Gasteiger partial charge in [-0.25, -0.2) is 17.2 Å². The number of halogens is 2. The summed E-state index contributed by atoms with van der Waals surface area (Å²) in [6.07, 6.45) is -0.878. The lowest BCUT2D eigenvalue weighted by Crippen LogP contribution is -2.44. The maximum Gasteiger partial charge on any atom is 0.246 e. The molecule has 2 N–H and O–H groups in total. The monoisotopic (exact) mass is 292 g/mol. The van der Waals surface area contributed by atoms with Gasteiger partial charge in [0.15, 0.2) is 0 Å². The van der Waals surface area contributed by atoms with Crippen molar-refractivity contribution < 1.29 is 22.3 Å². The number of sulfonamides is 1. The molecule has 2 atom stereocenters. The van der Waals surface area contributed by atoms with Crippen LogP contribution in [0.4, 0.5) is 8.78 Å². The van der Waals surface area contributed by atoms with E-state index < -0.39 is 38.7 Å². The molecule has 1 aromatic rings. The smallest absolute Gasteiger partial charge is 0.246 e. The summed E-state index contributed by atoms with van der Waals surface area (Å²) >= 11 is 0. The van der Waals surface area contributed by atoms with E-state index >= 15 is 0 Å². The summed E-state index contributed by atoms with van der Waals surface area (Å²) in [5.41, 5.74) is 0. The Morgan fingerprint density at radius 2 is 2.05 bits per heavy atom. The number of hydrogen-bond acceptors (Lipinski definition) is 4. The molecule has 0 spiro atoms. The minimum Gasteiger partial charge on any atom is -0.390 e. The molecule has 0 aliphatic carbocycles. The number of nitrogens with one attached hydrogen (secondary N) is 1. The van der Waals surface area contributed by atoms with Gasteiger partial charge in [-0.05, 0) is 18.2 Å². The van der Waals surface area contributed by atoms with Crippen LogP contribution in [-0.2, 0) is 10.0 Å². The zero-order valence-corrected chi connectivity index (χ0v) is 11.0. The fourth-order valence-corrected chi connectivity index (χ4v) is 3.49. The van der Waals surface area contributed by atoms with Crippen molar-refractivity contribution in [3.63, 3.8) is 0 Å². The lowest BCUT2D eigenvalue weighted by molar-refractivity contribution is 0.136. The normalized spacial score (nSPS) is 24.1. The lowest BCUT2D eigenvalue weighted by Gasteiger charge is -2.25. The summed E-state index contributed by atoms with van der Waals surface area (Å²) < 4.78 is 51.9. The number of nitrogens with zero attached hydrogens (tertiary/aromatic N) is 1. The van der Waals surface area contributed by atoms with Crippen LogP contribution in [0.5, 0.6) is 0 Å². The van der Waals surface area contributed by atoms with E-state index in [1.165, 1.54) is 7.05 Å². The molecule has 19 heavy (non-hydrogen) atoms. The van der Waals surface area contributed by atoms with Crippen molar-refractivity contribution in [2.24, 2.45) is 0 Å². The van der Waals surface area contributed by atoms with Crippen molar-refractivity contribution in [1.82, 2.24) is 9.62 Å². The summed E-state index contributed by atoms with van der Waals surface area (Å²) in [6.45, 7) is 0.518. The van der Waals surface area contributed by atoms with Crippen molar-refractivity contribution in [3.8, 4) is 0 Å². The summed E-state index contributed by atoms with van der Waals surface area (Å²) in [4.78, 5) is -0.728. The Kier molecular flexibility index (Phi) is 3.86. The Balaban J connectivity index is 2.39. The Morgan fingerprint density at radius 3 is 2.63 bits per heavy atom. The van der Waals surface area contributed by atoms with E-state index in [0.717, 1.165) is 16.4 Å². The van der Waals surface area contributed by atoms with Gasteiger partial charge in [0.2, 0.25) is 10.0 Å². The average Bonchev–Trinajstić information content (AvgIpc) is 2.77. The first-order valence-corrected chi connectivity index (χ1v) is 7.10. The highest BCUT2D eigenvalue weighted by Crippen LogP contribution is 2.22. The molecule has 8 heteroatoms. The standard InChI is InChI=1S/C11H14F2N2O3S/c1-15(9-5-14-6-10(9)16)19(17,18)11-4-7(12)2-3-8(11)13/h2-4,9-10,14,16H,5-6H2,1H3/t9-,10-/m1/s1. The van der Waals surface area contributed by atoms with E-state index in [4.69, 9.17) is 0 Å². The largest absolute Gasteiger partial charge is 0.390 e. The highest BCUT2D eigenvalue weighted by Gasteiger charge is 2.36. The maximum atomic E-state index is 13.6. The first kappa shape index (κ1) is 14.3. The van der Waals surface area contributed by atoms with Gasteiger partial charge in [-0.2, -0.15) is 4.31 Å². The lowest BCUT2D eigenvalue weighted by atomic mass is 10.2. The van der Waals surface area contributed by atoms with E-state index in [-0.39, 0.29) is 13.1 Å². The minimum atomic E-state index is -4.19. The molecule has 1 aliphatic heterocycles. The molecule has 106 valence electrons. The van der Waals surface area contributed by atoms with E-state index in [1.807, 2.05) is 0 Å². The molecule has 0 unspecified atom stereocenters. The van der Waals surface area contributed by atoms with Gasteiger partial charge in [-0.15, -0.1) is 0 Å². The molecule has 5 nitrogen and oxygen atoms in total. The van der Waals surface area contributed by atoms with Crippen LogP contribution in [0.2, 0.25) is 0 Å². The molecule has 0 aromatic heterocycles. The Hall–Kier alpha value is -1.09. The zero-order valence-electron chi connectivity index (χ0n) is 10.2. The predicted molar refractivity (Wildman–Crippen MR) is 64.0 cm³/mol. The number of aliphatic hydroxyl groups excluding tert-OH is 1. The fraction of sp³-hybridized carbons (Fsp3) is 0.455. The van der Waals surface area contributed by atoms with Crippen LogP contribution in [0.3, 0.4) is 0 Å². The quantitative estimate of drug-likeness (QED) is 0.817. The molecule has 0 radical (unpaired) electrons. The summed E-state index contributed by atoms with van der Waals surface area (Å²) in [5, 5.41) is 12.5. The molecule has 0 saturated carbocycles. The maximum absolute atomic E-state index is 13.6. The molecule has 2 rings (SSSR count). The SMILES string of the molecule is CN([C@@H]1CNC[C@H]1O)S(=O)(=O)c1cc(F)ccc1F. The number of β-amino-alcohol motifs (C(OH)–C–C–N with tert-alkyl or cyclic N) is 1. The van der Waals surface area contributed by atoms with Crippen molar-refractivity contribution >= 4 is 10.0 Å². The van der Waals surface area contributed by atoms with Crippen LogP contribution >= 0.6 is 0 Å². The van der Waals surface area contributed by atoms with Gasteiger partial charge >= 0.3 is 0 Å². The second kappa shape index (κ2) is 5.12. The van der Waals surface area contributed by atoms with Gasteiger partial charge in [-0.1, -0.05) is 0 Å². The van der Waals surface area contributed by atoms with Crippen LogP contribution in [0.15, 0.2) is 23.1 Å². The van der Waals surface area contributed by atoms with Crippen molar-refractivity contribution in [3.05, 3.63) is 29.8 Å². The highest BCUT2D eigenvalue weighted by atomic mass is 32.2. The topological polar surface area (TPSA) is 69.6 Å². The van der Waals surface area contributed by atoms with Crippen LogP contribution < -0.4 is 5.32 Å². The van der Waals surface area contributed by atoms with Crippen molar-refractivity contribution in [1.29, 1.82) is 0 Å². The predicted octanol–water partition coefficient (Wildman–Crippen LogP) is -0.0820. The molecular formula is C11H14F2N2O3S. The third kappa shape index (κ3) is 2.62. The van der Waals surface area contributed by atoms with Gasteiger partial charge in [0, 0.05) is 20.1 Å². The average molecular weight is 292 g/mol. The van der Waals surface area contributed by atoms with Crippen LogP contribution in [0.1, 0.15) is 0 Å². The first-order valence-electron chi connectivity index (χ1n) is 5.66. The second-order valence-electron chi connectivity index (χ2n) is 4.39. The first-order chi connectivity index (χ1) is 8.84. The van der Waals surface area contributed by atoms with Crippen molar-refractivity contribution in [2.75, 3.05) is 20.1 Å². The molecule has 1 aliphatic rings. The van der Waals surface area contributed by atoms with Crippen LogP contribution in [-0.4, -0.2) is 50.1 Å². The van der Waals surface area contributed by atoms with Crippen LogP contribution in [0, 0.1) is 11.6 Å². The van der Waals surface area contributed by atoms with E-state index in [0.29, 0.717) is 6.07 Å². The Bertz CT molecular complexity index is 579. The van der Waals surface area contributed by atoms with E-state index in [9.17, 15) is 22.3 Å². The van der Waals surface area contributed by atoms with Gasteiger partial charge in [-0.3, -0.25) is 0 Å². The van der Waals surface area contributed by atoms with Gasteiger partial charge < -0.3 is 10.4 Å². The number of benzene rings is 1. The molecule has 1 fully saturated rings. The molecular weight excluding hydrogens is 278 g/mol. The Morgan fingerprint density at radius 1 is 1.37 bits per heavy atom. The van der Waals surface area contributed by atoms with Crippen LogP contribution in [0.25, 0.3) is 0 Å². The molecule has 0 amide bonds. The van der Waals surface area contributed by atoms with Gasteiger partial charge in [0.25, 0.3) is 0 Å². The third-order valence-electron chi connectivity index (χ3n) is 3.17. The highest BCUT2D eigenvalue weighted by molar-refractivity contribution is 7.89. The number of likely N-dealkylation sites (N-methyl/N-ethyl adjacent to an activating group) is 1. The van der Waals surface area contributed by atoms with Crippen molar-refractivity contribution in [2.45, 2.75) is 17.0 Å². The Labute approximate surface area is 109 Å². The third-order valence-corrected chi connectivity index (χ3v) is 5.07. The summed E-state index contributed by atoms with van der Waals surface area (Å²) in [5.74, 6) is -1.85. The minimum absolute atomic E-state index is 0.258. The summed E-state index contributed by atoms with van der Waals surface area (Å²) in [7, 11) is -2.95. The molecule has 1 saturated heterocycles. The molecule has 1 aromatic carbocycles. The zero-order chi connectivity index (χ0) is 14.2. The number of aliphatic hydroxyl groups is 1. The summed E-state index contributed by atoms with van der Waals surface area (Å²) in [6, 6.07) is 1.54. The number of hydrogen-bond donors (Lipinski definition) is 2. The van der Waals surface area contributed by atoms with E-state index in [2.05, 4.69) is 5.32 Å².